The maximum absolute atomic E-state index is 11.2. The molecule has 0 rings (SSSR count). The summed E-state index contributed by atoms with van der Waals surface area (Å²) in [4.78, 5) is 0. The molecule has 0 aliphatic heterocycles. The summed E-state index contributed by atoms with van der Waals surface area (Å²) in [5.41, 5.74) is 0. The second kappa shape index (κ2) is 6.98. The standard InChI is InChI=1S/C9H19NO3S/c1-3-7-14(12,13)10-8-9(4-2)5-6-11/h3,9-11H,1,4-8H2,2H3. The van der Waals surface area contributed by atoms with E-state index in [9.17, 15) is 8.42 Å². The first-order valence-electron chi connectivity index (χ1n) is 4.74. The first kappa shape index (κ1) is 13.6. The Kier molecular flexibility index (Phi) is 6.78. The van der Waals surface area contributed by atoms with Gasteiger partial charge < -0.3 is 5.11 Å². The molecule has 0 aliphatic rings. The molecule has 0 aromatic carbocycles. The molecule has 1 unspecified atom stereocenters. The lowest BCUT2D eigenvalue weighted by Gasteiger charge is -2.13. The van der Waals surface area contributed by atoms with Crippen LogP contribution in [0.15, 0.2) is 12.7 Å². The van der Waals surface area contributed by atoms with Crippen molar-refractivity contribution in [3.8, 4) is 0 Å². The Morgan fingerprint density at radius 3 is 2.64 bits per heavy atom. The van der Waals surface area contributed by atoms with Crippen molar-refractivity contribution in [1.82, 2.24) is 4.72 Å². The van der Waals surface area contributed by atoms with E-state index in [2.05, 4.69) is 11.3 Å². The van der Waals surface area contributed by atoms with Crippen LogP contribution in [0.1, 0.15) is 19.8 Å². The zero-order chi connectivity index (χ0) is 11.0. The summed E-state index contributed by atoms with van der Waals surface area (Å²) in [6.45, 7) is 5.84. The van der Waals surface area contributed by atoms with Crippen molar-refractivity contribution in [2.75, 3.05) is 18.9 Å². The van der Waals surface area contributed by atoms with Crippen molar-refractivity contribution in [2.45, 2.75) is 19.8 Å². The number of rotatable bonds is 8. The van der Waals surface area contributed by atoms with Gasteiger partial charge in [0, 0.05) is 13.2 Å². The summed E-state index contributed by atoms with van der Waals surface area (Å²) >= 11 is 0. The van der Waals surface area contributed by atoms with Crippen LogP contribution in [0.25, 0.3) is 0 Å². The molecule has 0 heterocycles. The van der Waals surface area contributed by atoms with Gasteiger partial charge in [0.05, 0.1) is 5.75 Å². The Balaban J connectivity index is 3.95. The lowest BCUT2D eigenvalue weighted by molar-refractivity contribution is 0.254. The Morgan fingerprint density at radius 2 is 2.21 bits per heavy atom. The lowest BCUT2D eigenvalue weighted by atomic mass is 10.0. The highest BCUT2D eigenvalue weighted by Gasteiger charge is 2.11. The summed E-state index contributed by atoms with van der Waals surface area (Å²) in [7, 11) is -3.20. The fourth-order valence-electron chi connectivity index (χ4n) is 1.09. The Hall–Kier alpha value is -0.390. The van der Waals surface area contributed by atoms with E-state index in [1.807, 2.05) is 6.92 Å². The third-order valence-corrected chi connectivity index (χ3v) is 3.32. The lowest BCUT2D eigenvalue weighted by Crippen LogP contribution is -2.31. The Labute approximate surface area is 86.1 Å². The van der Waals surface area contributed by atoms with Crippen LogP contribution in [0.4, 0.5) is 0 Å². The Bertz CT molecular complexity index is 249. The topological polar surface area (TPSA) is 66.4 Å². The smallest absolute Gasteiger partial charge is 0.215 e. The number of nitrogens with one attached hydrogen (secondary N) is 1. The number of sulfonamides is 1. The van der Waals surface area contributed by atoms with Crippen LogP contribution in [-0.4, -0.2) is 32.4 Å². The minimum atomic E-state index is -3.20. The van der Waals surface area contributed by atoms with Crippen molar-refractivity contribution < 1.29 is 13.5 Å². The monoisotopic (exact) mass is 221 g/mol. The molecule has 0 radical (unpaired) electrons. The molecule has 2 N–H and O–H groups in total. The van der Waals surface area contributed by atoms with Crippen molar-refractivity contribution >= 4 is 10.0 Å². The van der Waals surface area contributed by atoms with E-state index in [0.29, 0.717) is 13.0 Å². The maximum atomic E-state index is 11.2. The number of aliphatic hydroxyl groups is 1. The molecule has 0 aromatic heterocycles. The van der Waals surface area contributed by atoms with E-state index in [4.69, 9.17) is 5.11 Å². The van der Waals surface area contributed by atoms with E-state index in [1.165, 1.54) is 6.08 Å². The van der Waals surface area contributed by atoms with Gasteiger partial charge in [-0.15, -0.1) is 6.58 Å². The summed E-state index contributed by atoms with van der Waals surface area (Å²) in [5, 5.41) is 8.71. The largest absolute Gasteiger partial charge is 0.396 e. The average molecular weight is 221 g/mol. The molecule has 0 aliphatic carbocycles. The van der Waals surface area contributed by atoms with Gasteiger partial charge in [-0.25, -0.2) is 13.1 Å². The normalized spacial score (nSPS) is 13.9. The molecule has 0 saturated carbocycles. The minimum Gasteiger partial charge on any atom is -0.396 e. The average Bonchev–Trinajstić information content (AvgIpc) is 2.12. The van der Waals surface area contributed by atoms with Crippen LogP contribution < -0.4 is 4.72 Å². The molecule has 0 spiro atoms. The van der Waals surface area contributed by atoms with Gasteiger partial charge in [0.25, 0.3) is 0 Å². The summed E-state index contributed by atoms with van der Waals surface area (Å²) < 4.78 is 24.9. The minimum absolute atomic E-state index is 0.0530. The van der Waals surface area contributed by atoms with Gasteiger partial charge in [-0.05, 0) is 12.3 Å². The van der Waals surface area contributed by atoms with Crippen molar-refractivity contribution in [1.29, 1.82) is 0 Å². The van der Waals surface area contributed by atoms with E-state index >= 15 is 0 Å². The second-order valence-electron chi connectivity index (χ2n) is 3.21. The van der Waals surface area contributed by atoms with Gasteiger partial charge in [-0.2, -0.15) is 0 Å². The van der Waals surface area contributed by atoms with Crippen LogP contribution in [0, 0.1) is 5.92 Å². The van der Waals surface area contributed by atoms with Crippen molar-refractivity contribution in [3.63, 3.8) is 0 Å². The fourth-order valence-corrected chi connectivity index (χ4v) is 2.01. The van der Waals surface area contributed by atoms with Crippen LogP contribution in [-0.2, 0) is 10.0 Å². The Morgan fingerprint density at radius 1 is 1.57 bits per heavy atom. The van der Waals surface area contributed by atoms with Gasteiger partial charge >= 0.3 is 0 Å². The van der Waals surface area contributed by atoms with E-state index in [-0.39, 0.29) is 18.3 Å². The summed E-state index contributed by atoms with van der Waals surface area (Å²) in [6.07, 6.45) is 2.85. The van der Waals surface area contributed by atoms with E-state index < -0.39 is 10.0 Å². The third-order valence-electron chi connectivity index (χ3n) is 2.04. The first-order valence-corrected chi connectivity index (χ1v) is 6.40. The fraction of sp³-hybridized carbons (Fsp3) is 0.778. The zero-order valence-electron chi connectivity index (χ0n) is 8.57. The van der Waals surface area contributed by atoms with Crippen molar-refractivity contribution in [3.05, 3.63) is 12.7 Å². The molecule has 0 bridgehead atoms. The molecule has 0 fully saturated rings. The third kappa shape index (κ3) is 6.12. The van der Waals surface area contributed by atoms with Crippen LogP contribution >= 0.6 is 0 Å². The van der Waals surface area contributed by atoms with Gasteiger partial charge in [-0.1, -0.05) is 19.4 Å². The molecule has 1 atom stereocenters. The quantitative estimate of drug-likeness (QED) is 0.587. The predicted molar refractivity (Wildman–Crippen MR) is 57.5 cm³/mol. The SMILES string of the molecule is C=CCS(=O)(=O)NCC(CC)CCO. The van der Waals surface area contributed by atoms with Gasteiger partial charge in [-0.3, -0.25) is 0 Å². The number of hydrogen-bond donors (Lipinski definition) is 2. The van der Waals surface area contributed by atoms with Crippen LogP contribution in [0.3, 0.4) is 0 Å². The van der Waals surface area contributed by atoms with E-state index in [0.717, 1.165) is 6.42 Å². The highest BCUT2D eigenvalue weighted by molar-refractivity contribution is 7.89. The van der Waals surface area contributed by atoms with E-state index in [1.54, 1.807) is 0 Å². The first-order chi connectivity index (χ1) is 6.55. The summed E-state index contributed by atoms with van der Waals surface area (Å²) in [6, 6.07) is 0. The highest BCUT2D eigenvalue weighted by Crippen LogP contribution is 2.06. The van der Waals surface area contributed by atoms with Gasteiger partial charge in [0.1, 0.15) is 0 Å². The molecule has 84 valence electrons. The maximum Gasteiger partial charge on any atom is 0.215 e. The predicted octanol–water partition coefficient (Wildman–Crippen LogP) is 0.500. The number of hydrogen-bond acceptors (Lipinski definition) is 3. The molecule has 14 heavy (non-hydrogen) atoms. The van der Waals surface area contributed by atoms with Crippen LogP contribution in [0.5, 0.6) is 0 Å². The van der Waals surface area contributed by atoms with Gasteiger partial charge in [0.2, 0.25) is 10.0 Å². The highest BCUT2D eigenvalue weighted by atomic mass is 32.2. The van der Waals surface area contributed by atoms with Crippen molar-refractivity contribution in [2.24, 2.45) is 5.92 Å². The van der Waals surface area contributed by atoms with Gasteiger partial charge in [0.15, 0.2) is 0 Å². The zero-order valence-corrected chi connectivity index (χ0v) is 9.39. The molecular weight excluding hydrogens is 202 g/mol. The molecular formula is C9H19NO3S. The molecule has 4 nitrogen and oxygen atoms in total. The molecule has 5 heteroatoms. The summed E-state index contributed by atoms with van der Waals surface area (Å²) in [5.74, 6) is 0.155. The van der Waals surface area contributed by atoms with Crippen LogP contribution in [0.2, 0.25) is 0 Å². The molecule has 0 aromatic rings. The molecule has 0 amide bonds. The number of aliphatic hydroxyl groups excluding tert-OH is 1. The second-order valence-corrected chi connectivity index (χ2v) is 5.06. The molecule has 0 saturated heterocycles.